The zero-order valence-electron chi connectivity index (χ0n) is 12.5. The second-order valence-corrected chi connectivity index (χ2v) is 6.42. The van der Waals surface area contributed by atoms with Gasteiger partial charge in [0.25, 0.3) is 0 Å². The van der Waals surface area contributed by atoms with E-state index in [2.05, 4.69) is 58.9 Å². The van der Waals surface area contributed by atoms with Gasteiger partial charge in [0, 0.05) is 18.5 Å². The van der Waals surface area contributed by atoms with Gasteiger partial charge in [0.2, 0.25) is 0 Å². The number of nitrogens with one attached hydrogen (secondary N) is 1. The molecule has 1 heterocycles. The number of hydrogen-bond donors (Lipinski definition) is 1. The lowest BCUT2D eigenvalue weighted by atomic mass is 10.0. The van der Waals surface area contributed by atoms with Crippen molar-refractivity contribution in [3.05, 3.63) is 16.5 Å². The Labute approximate surface area is 125 Å². The Bertz CT molecular complexity index is 380. The summed E-state index contributed by atoms with van der Waals surface area (Å²) < 4.78 is 0.864. The molecule has 0 amide bonds. The lowest BCUT2D eigenvalue weighted by Crippen LogP contribution is -2.17. The third-order valence-electron chi connectivity index (χ3n) is 3.03. The van der Waals surface area contributed by atoms with Crippen molar-refractivity contribution in [2.75, 3.05) is 5.32 Å². The van der Waals surface area contributed by atoms with Crippen LogP contribution in [-0.4, -0.2) is 16.0 Å². The fourth-order valence-electron chi connectivity index (χ4n) is 2.03. The number of nitrogens with zero attached hydrogens (tertiary/aromatic N) is 2. The zero-order valence-corrected chi connectivity index (χ0v) is 14.1. The Balaban J connectivity index is 2.51. The predicted molar refractivity (Wildman–Crippen MR) is 85.5 cm³/mol. The lowest BCUT2D eigenvalue weighted by Gasteiger charge is -2.15. The number of halogens is 1. The molecule has 1 rings (SSSR count). The molecular weight excluding hydrogens is 302 g/mol. The third kappa shape index (κ3) is 6.90. The molecule has 0 saturated heterocycles. The Hall–Kier alpha value is -0.640. The Morgan fingerprint density at radius 1 is 1.21 bits per heavy atom. The van der Waals surface area contributed by atoms with Crippen molar-refractivity contribution in [2.45, 2.75) is 65.8 Å². The monoisotopic (exact) mass is 327 g/mol. The van der Waals surface area contributed by atoms with Crippen LogP contribution >= 0.6 is 15.9 Å². The van der Waals surface area contributed by atoms with E-state index in [1.165, 1.54) is 19.3 Å². The van der Waals surface area contributed by atoms with E-state index >= 15 is 0 Å². The van der Waals surface area contributed by atoms with Crippen LogP contribution in [0.5, 0.6) is 0 Å². The molecule has 0 spiro atoms. The molecule has 0 aliphatic rings. The van der Waals surface area contributed by atoms with E-state index in [0.29, 0.717) is 6.04 Å². The minimum Gasteiger partial charge on any atom is -0.367 e. The average molecular weight is 328 g/mol. The van der Waals surface area contributed by atoms with Crippen LogP contribution in [0.3, 0.4) is 0 Å². The van der Waals surface area contributed by atoms with E-state index in [1.807, 2.05) is 6.07 Å². The number of hydrogen-bond acceptors (Lipinski definition) is 3. The summed E-state index contributed by atoms with van der Waals surface area (Å²) in [5.41, 5.74) is 0. The van der Waals surface area contributed by atoms with E-state index in [1.54, 1.807) is 0 Å². The molecule has 0 fully saturated rings. The van der Waals surface area contributed by atoms with Crippen LogP contribution in [0.1, 0.15) is 59.2 Å². The highest BCUT2D eigenvalue weighted by Crippen LogP contribution is 2.16. The van der Waals surface area contributed by atoms with Gasteiger partial charge in [-0.05, 0) is 41.6 Å². The number of aromatic nitrogens is 2. The van der Waals surface area contributed by atoms with Crippen LogP contribution in [0.2, 0.25) is 0 Å². The minimum atomic E-state index is 0.454. The quantitative estimate of drug-likeness (QED) is 0.695. The summed E-state index contributed by atoms with van der Waals surface area (Å²) in [6, 6.07) is 2.41. The first kappa shape index (κ1) is 16.4. The van der Waals surface area contributed by atoms with Gasteiger partial charge in [-0.15, -0.1) is 0 Å². The lowest BCUT2D eigenvalue weighted by molar-refractivity contribution is 0.520. The van der Waals surface area contributed by atoms with Gasteiger partial charge in [-0.1, -0.05) is 33.6 Å². The van der Waals surface area contributed by atoms with Gasteiger partial charge in [-0.25, -0.2) is 9.97 Å². The molecular formula is C15H26BrN3. The van der Waals surface area contributed by atoms with Gasteiger partial charge in [0.1, 0.15) is 16.2 Å². The van der Waals surface area contributed by atoms with Crippen LogP contribution < -0.4 is 5.32 Å². The maximum absolute atomic E-state index is 4.55. The fourth-order valence-corrected chi connectivity index (χ4v) is 2.45. The molecule has 1 aromatic rings. The topological polar surface area (TPSA) is 37.8 Å². The molecule has 1 unspecified atom stereocenters. The molecule has 0 aliphatic carbocycles. The second kappa shape index (κ2) is 8.51. The van der Waals surface area contributed by atoms with Crippen molar-refractivity contribution >= 4 is 21.7 Å². The first-order valence-corrected chi connectivity index (χ1v) is 8.10. The number of aryl methyl sites for hydroxylation is 1. The first-order chi connectivity index (χ1) is 9.01. The maximum Gasteiger partial charge on any atom is 0.132 e. The molecule has 0 aliphatic heterocycles. The molecule has 0 bridgehead atoms. The van der Waals surface area contributed by atoms with Crippen molar-refractivity contribution in [1.82, 2.24) is 9.97 Å². The van der Waals surface area contributed by atoms with Crippen LogP contribution in [0, 0.1) is 5.92 Å². The van der Waals surface area contributed by atoms with Crippen molar-refractivity contribution in [3.8, 4) is 0 Å². The van der Waals surface area contributed by atoms with Gasteiger partial charge < -0.3 is 5.32 Å². The van der Waals surface area contributed by atoms with E-state index in [0.717, 1.165) is 35.0 Å². The summed E-state index contributed by atoms with van der Waals surface area (Å²) in [4.78, 5) is 8.94. The standard InChI is InChI=1S/C15H26BrN3/c1-5-7-14-18-13(16)10-15(19-14)17-12(4)9-6-8-11(2)3/h10-12H,5-9H2,1-4H3,(H,17,18,19). The summed E-state index contributed by atoms with van der Waals surface area (Å²) >= 11 is 3.45. The van der Waals surface area contributed by atoms with Crippen molar-refractivity contribution < 1.29 is 0 Å². The second-order valence-electron chi connectivity index (χ2n) is 5.61. The van der Waals surface area contributed by atoms with Gasteiger partial charge in [0.15, 0.2) is 0 Å². The zero-order chi connectivity index (χ0) is 14.3. The number of rotatable bonds is 8. The highest BCUT2D eigenvalue weighted by Gasteiger charge is 2.07. The van der Waals surface area contributed by atoms with Crippen LogP contribution in [0.4, 0.5) is 5.82 Å². The van der Waals surface area contributed by atoms with Crippen molar-refractivity contribution in [2.24, 2.45) is 5.92 Å². The molecule has 0 saturated carbocycles. The molecule has 0 aromatic carbocycles. The summed E-state index contributed by atoms with van der Waals surface area (Å²) in [7, 11) is 0. The minimum absolute atomic E-state index is 0.454. The van der Waals surface area contributed by atoms with Crippen LogP contribution in [-0.2, 0) is 6.42 Å². The van der Waals surface area contributed by atoms with Gasteiger partial charge in [-0.3, -0.25) is 0 Å². The average Bonchev–Trinajstić information content (AvgIpc) is 2.27. The molecule has 3 nitrogen and oxygen atoms in total. The van der Waals surface area contributed by atoms with E-state index in [-0.39, 0.29) is 0 Å². The van der Waals surface area contributed by atoms with Crippen molar-refractivity contribution in [1.29, 1.82) is 0 Å². The maximum atomic E-state index is 4.55. The van der Waals surface area contributed by atoms with Crippen molar-refractivity contribution in [3.63, 3.8) is 0 Å². The molecule has 0 radical (unpaired) electrons. The largest absolute Gasteiger partial charge is 0.367 e. The molecule has 4 heteroatoms. The van der Waals surface area contributed by atoms with E-state index < -0.39 is 0 Å². The third-order valence-corrected chi connectivity index (χ3v) is 3.43. The smallest absolute Gasteiger partial charge is 0.132 e. The van der Waals surface area contributed by atoms with Gasteiger partial charge >= 0.3 is 0 Å². The summed E-state index contributed by atoms with van der Waals surface area (Å²) in [5, 5.41) is 3.47. The highest BCUT2D eigenvalue weighted by molar-refractivity contribution is 9.10. The Morgan fingerprint density at radius 3 is 2.58 bits per heavy atom. The summed E-state index contributed by atoms with van der Waals surface area (Å²) in [6.07, 6.45) is 5.74. The molecule has 1 aromatic heterocycles. The van der Waals surface area contributed by atoms with E-state index in [9.17, 15) is 0 Å². The van der Waals surface area contributed by atoms with Crippen LogP contribution in [0.25, 0.3) is 0 Å². The molecule has 1 atom stereocenters. The number of anilines is 1. The van der Waals surface area contributed by atoms with E-state index in [4.69, 9.17) is 0 Å². The SMILES string of the molecule is CCCc1nc(Br)cc(NC(C)CCCC(C)C)n1. The predicted octanol–water partition coefficient (Wildman–Crippen LogP) is 4.82. The Kier molecular flexibility index (Phi) is 7.36. The molecule has 1 N–H and O–H groups in total. The Morgan fingerprint density at radius 2 is 1.95 bits per heavy atom. The van der Waals surface area contributed by atoms with Crippen LogP contribution in [0.15, 0.2) is 10.7 Å². The van der Waals surface area contributed by atoms with Gasteiger partial charge in [0.05, 0.1) is 0 Å². The highest BCUT2D eigenvalue weighted by atomic mass is 79.9. The molecule has 108 valence electrons. The fraction of sp³-hybridized carbons (Fsp3) is 0.733. The first-order valence-electron chi connectivity index (χ1n) is 7.31. The summed E-state index contributed by atoms with van der Waals surface area (Å²) in [5.74, 6) is 2.63. The normalized spacial score (nSPS) is 12.7. The van der Waals surface area contributed by atoms with Gasteiger partial charge in [-0.2, -0.15) is 0 Å². The summed E-state index contributed by atoms with van der Waals surface area (Å²) in [6.45, 7) is 8.91. The molecule has 19 heavy (non-hydrogen) atoms.